The Kier molecular flexibility index (Phi) is 5.22. The summed E-state index contributed by atoms with van der Waals surface area (Å²) in [7, 11) is 0. The Balaban J connectivity index is 0.000000686. The number of allylic oxidation sites excluding steroid dienone is 1. The summed E-state index contributed by atoms with van der Waals surface area (Å²) in [5.41, 5.74) is 0. The summed E-state index contributed by atoms with van der Waals surface area (Å²) >= 11 is 0. The molecule has 0 amide bonds. The second-order valence-corrected chi connectivity index (χ2v) is 3.48. The molecular weight excluding hydrogens is 204 g/mol. The van der Waals surface area contributed by atoms with Gasteiger partial charge in [-0.15, -0.1) is 0 Å². The lowest BCUT2D eigenvalue weighted by atomic mass is 10.1. The van der Waals surface area contributed by atoms with Crippen molar-refractivity contribution >= 4 is 22.9 Å². The van der Waals surface area contributed by atoms with Crippen molar-refractivity contribution in [2.75, 3.05) is 0 Å². The first kappa shape index (κ1) is 13.2. The molecule has 0 N–H and O–H groups in total. The molecule has 0 heteroatoms. The van der Waals surface area contributed by atoms with Crippen LogP contribution in [0.5, 0.6) is 0 Å². The molecule has 0 saturated heterocycles. The maximum Gasteiger partial charge on any atom is -0.0106 e. The second-order valence-electron chi connectivity index (χ2n) is 3.48. The van der Waals surface area contributed by atoms with Gasteiger partial charge in [0.2, 0.25) is 0 Å². The van der Waals surface area contributed by atoms with Crippen molar-refractivity contribution in [2.24, 2.45) is 0 Å². The van der Waals surface area contributed by atoms with Crippen LogP contribution in [0, 0.1) is 0 Å². The van der Waals surface area contributed by atoms with Crippen molar-refractivity contribution in [1.29, 1.82) is 0 Å². The average Bonchev–Trinajstić information content (AvgIpc) is 2.42. The molecule has 0 atom stereocenters. The normalized spacial score (nSPS) is 12.2. The highest BCUT2D eigenvalue weighted by atomic mass is 14.0. The monoisotopic (exact) mass is 224 g/mol. The zero-order valence-electron chi connectivity index (χ0n) is 10.9. The Morgan fingerprint density at radius 2 is 1.71 bits per heavy atom. The van der Waals surface area contributed by atoms with E-state index < -0.39 is 0 Å². The molecule has 0 aliphatic carbocycles. The van der Waals surface area contributed by atoms with Crippen LogP contribution in [-0.2, 0) is 0 Å². The second kappa shape index (κ2) is 6.70. The van der Waals surface area contributed by atoms with Crippen LogP contribution in [0.1, 0.15) is 20.8 Å². The molecule has 0 unspecified atom stereocenters. The first-order valence-electron chi connectivity index (χ1n) is 6.13. The van der Waals surface area contributed by atoms with E-state index in [2.05, 4.69) is 62.1 Å². The minimum absolute atomic E-state index is 1.26. The fourth-order valence-corrected chi connectivity index (χ4v) is 1.87. The van der Waals surface area contributed by atoms with Crippen molar-refractivity contribution in [3.05, 3.63) is 59.5 Å². The zero-order valence-corrected chi connectivity index (χ0v) is 10.9. The Morgan fingerprint density at radius 3 is 2.35 bits per heavy atom. The van der Waals surface area contributed by atoms with E-state index in [4.69, 9.17) is 0 Å². The zero-order chi connectivity index (χ0) is 12.7. The summed E-state index contributed by atoms with van der Waals surface area (Å²) < 4.78 is 0. The molecule has 0 saturated carbocycles. The number of hydrogen-bond acceptors (Lipinski definition) is 0. The lowest BCUT2D eigenvalue weighted by molar-refractivity contribution is 1.50. The first-order chi connectivity index (χ1) is 8.36. The Bertz CT molecular complexity index is 603. The quantitative estimate of drug-likeness (QED) is 0.694. The van der Waals surface area contributed by atoms with Crippen LogP contribution in [0.15, 0.2) is 49.1 Å². The van der Waals surface area contributed by atoms with Gasteiger partial charge in [-0.3, -0.25) is 0 Å². The highest BCUT2D eigenvalue weighted by Gasteiger charge is 1.93. The van der Waals surface area contributed by atoms with Gasteiger partial charge in [0.15, 0.2) is 0 Å². The molecule has 2 aromatic carbocycles. The highest BCUT2D eigenvalue weighted by molar-refractivity contribution is 5.84. The average molecular weight is 224 g/mol. The molecule has 0 aliphatic rings. The molecule has 0 aliphatic heterocycles. The van der Waals surface area contributed by atoms with Gasteiger partial charge in [-0.25, -0.2) is 0 Å². The third-order valence-corrected chi connectivity index (χ3v) is 2.60. The molecule has 0 bridgehead atoms. The molecule has 88 valence electrons. The molecule has 0 radical (unpaired) electrons. The number of rotatable bonds is 1. The van der Waals surface area contributed by atoms with E-state index in [1.165, 1.54) is 21.2 Å². The van der Waals surface area contributed by atoms with E-state index in [-0.39, 0.29) is 0 Å². The fraction of sp³-hybridized carbons (Fsp3) is 0.176. The minimum atomic E-state index is 1.26. The Hall–Kier alpha value is -1.82. The molecule has 0 aromatic heterocycles. The number of fused-ring (bicyclic) bond motifs is 1. The standard InChI is InChI=1S/C15H14.C2H6/c1-3-7-14-12(4-2)10-11-13-8-5-6-9-15(13)14;1-2/h3-11H,1H2,2H3;1-2H3/b12-4-,14-7+;. The summed E-state index contributed by atoms with van der Waals surface area (Å²) in [5.74, 6) is 0. The first-order valence-corrected chi connectivity index (χ1v) is 6.13. The van der Waals surface area contributed by atoms with E-state index in [9.17, 15) is 0 Å². The topological polar surface area (TPSA) is 0 Å². The number of benzene rings is 2. The van der Waals surface area contributed by atoms with Crippen molar-refractivity contribution in [2.45, 2.75) is 20.8 Å². The summed E-state index contributed by atoms with van der Waals surface area (Å²) in [4.78, 5) is 0. The van der Waals surface area contributed by atoms with Gasteiger partial charge in [0.1, 0.15) is 0 Å². The van der Waals surface area contributed by atoms with Gasteiger partial charge >= 0.3 is 0 Å². The van der Waals surface area contributed by atoms with Crippen LogP contribution in [0.2, 0.25) is 0 Å². The van der Waals surface area contributed by atoms with Crippen LogP contribution < -0.4 is 10.4 Å². The van der Waals surface area contributed by atoms with E-state index in [1.807, 2.05) is 19.9 Å². The van der Waals surface area contributed by atoms with Crippen LogP contribution in [0.4, 0.5) is 0 Å². The summed E-state index contributed by atoms with van der Waals surface area (Å²) in [6, 6.07) is 12.7. The SMILES string of the molecule is C=C/C=c1\c(=C/C)ccc2ccccc12.CC. The molecular formula is C17H20. The lowest BCUT2D eigenvalue weighted by Crippen LogP contribution is -2.24. The molecule has 17 heavy (non-hydrogen) atoms. The lowest BCUT2D eigenvalue weighted by Gasteiger charge is -1.98. The van der Waals surface area contributed by atoms with Gasteiger partial charge in [-0.1, -0.05) is 75.1 Å². The Labute approximate surface area is 104 Å². The van der Waals surface area contributed by atoms with E-state index in [0.717, 1.165) is 0 Å². The highest BCUT2D eigenvalue weighted by Crippen LogP contribution is 2.06. The van der Waals surface area contributed by atoms with Gasteiger partial charge < -0.3 is 0 Å². The van der Waals surface area contributed by atoms with Crippen LogP contribution in [-0.4, -0.2) is 0 Å². The van der Waals surface area contributed by atoms with Crippen molar-refractivity contribution < 1.29 is 0 Å². The van der Waals surface area contributed by atoms with E-state index in [0.29, 0.717) is 0 Å². The minimum Gasteiger partial charge on any atom is -0.0990 e. The van der Waals surface area contributed by atoms with E-state index in [1.54, 1.807) is 0 Å². The maximum atomic E-state index is 3.77. The summed E-state index contributed by atoms with van der Waals surface area (Å²) in [6.07, 6.45) is 6.04. The summed E-state index contributed by atoms with van der Waals surface area (Å²) in [5, 5.41) is 5.07. The van der Waals surface area contributed by atoms with Crippen LogP contribution in [0.25, 0.3) is 22.9 Å². The summed E-state index contributed by atoms with van der Waals surface area (Å²) in [6.45, 7) is 9.83. The van der Waals surface area contributed by atoms with Gasteiger partial charge in [0.25, 0.3) is 0 Å². The predicted octanol–water partition coefficient (Wildman–Crippen LogP) is 3.63. The van der Waals surface area contributed by atoms with Crippen molar-refractivity contribution in [1.82, 2.24) is 0 Å². The fourth-order valence-electron chi connectivity index (χ4n) is 1.87. The maximum absolute atomic E-state index is 3.77. The van der Waals surface area contributed by atoms with Crippen molar-refractivity contribution in [3.63, 3.8) is 0 Å². The number of hydrogen-bond donors (Lipinski definition) is 0. The van der Waals surface area contributed by atoms with Gasteiger partial charge in [0, 0.05) is 0 Å². The van der Waals surface area contributed by atoms with Crippen LogP contribution in [0.3, 0.4) is 0 Å². The third-order valence-electron chi connectivity index (χ3n) is 2.60. The van der Waals surface area contributed by atoms with E-state index >= 15 is 0 Å². The smallest absolute Gasteiger partial charge is 0.0106 e. The van der Waals surface area contributed by atoms with Gasteiger partial charge in [-0.2, -0.15) is 0 Å². The largest absolute Gasteiger partial charge is 0.0990 e. The van der Waals surface area contributed by atoms with Crippen molar-refractivity contribution in [3.8, 4) is 0 Å². The molecule has 0 nitrogen and oxygen atoms in total. The third kappa shape index (κ3) is 2.85. The molecule has 0 spiro atoms. The van der Waals surface area contributed by atoms with Gasteiger partial charge in [-0.05, 0) is 28.1 Å². The molecule has 2 aromatic rings. The Morgan fingerprint density at radius 1 is 1.00 bits per heavy atom. The molecule has 0 heterocycles. The predicted molar refractivity (Wildman–Crippen MR) is 79.3 cm³/mol. The molecule has 2 rings (SSSR count). The van der Waals surface area contributed by atoms with Crippen LogP contribution >= 0.6 is 0 Å². The molecule has 0 fully saturated rings. The van der Waals surface area contributed by atoms with Gasteiger partial charge in [0.05, 0.1) is 0 Å².